The van der Waals surface area contributed by atoms with Crippen LogP contribution in [0.5, 0.6) is 0 Å². The highest BCUT2D eigenvalue weighted by Gasteiger charge is 2.28. The SMILES string of the molecule is CCCCNC(=O)[C@@H](CC)N(Cc1ccccc1C)C(=O)CSCc1ccccc1C. The van der Waals surface area contributed by atoms with Gasteiger partial charge in [0.15, 0.2) is 0 Å². The molecule has 0 aliphatic carbocycles. The van der Waals surface area contributed by atoms with E-state index in [0.29, 0.717) is 25.3 Å². The van der Waals surface area contributed by atoms with Gasteiger partial charge in [-0.3, -0.25) is 9.59 Å². The summed E-state index contributed by atoms with van der Waals surface area (Å²) in [5.41, 5.74) is 4.70. The van der Waals surface area contributed by atoms with E-state index < -0.39 is 6.04 Å². The normalized spacial score (nSPS) is 11.7. The van der Waals surface area contributed by atoms with Crippen LogP contribution in [0.25, 0.3) is 0 Å². The van der Waals surface area contributed by atoms with Gasteiger partial charge >= 0.3 is 0 Å². The number of carbonyl (C=O) groups excluding carboxylic acids is 2. The van der Waals surface area contributed by atoms with Crippen LogP contribution in [0.15, 0.2) is 48.5 Å². The van der Waals surface area contributed by atoms with E-state index in [1.54, 1.807) is 16.7 Å². The quantitative estimate of drug-likeness (QED) is 0.458. The van der Waals surface area contributed by atoms with E-state index in [2.05, 4.69) is 31.3 Å². The minimum atomic E-state index is -0.456. The van der Waals surface area contributed by atoms with Crippen molar-refractivity contribution in [2.24, 2.45) is 0 Å². The Kier molecular flexibility index (Phi) is 10.6. The molecule has 0 aliphatic rings. The Hall–Kier alpha value is -2.27. The average molecular weight is 441 g/mol. The van der Waals surface area contributed by atoms with Crippen LogP contribution < -0.4 is 5.32 Å². The summed E-state index contributed by atoms with van der Waals surface area (Å²) in [5.74, 6) is 1.11. The largest absolute Gasteiger partial charge is 0.354 e. The maximum absolute atomic E-state index is 13.3. The van der Waals surface area contributed by atoms with Crippen LogP contribution in [-0.2, 0) is 21.9 Å². The van der Waals surface area contributed by atoms with Gasteiger partial charge in [0.2, 0.25) is 11.8 Å². The lowest BCUT2D eigenvalue weighted by Crippen LogP contribution is -2.49. The number of nitrogens with one attached hydrogen (secondary N) is 1. The van der Waals surface area contributed by atoms with Gasteiger partial charge in [0.25, 0.3) is 0 Å². The predicted octanol–water partition coefficient (Wildman–Crippen LogP) is 5.26. The molecule has 0 bridgehead atoms. The smallest absolute Gasteiger partial charge is 0.242 e. The summed E-state index contributed by atoms with van der Waals surface area (Å²) >= 11 is 1.61. The van der Waals surface area contributed by atoms with Gasteiger partial charge in [-0.15, -0.1) is 11.8 Å². The first-order valence-corrected chi connectivity index (χ1v) is 12.4. The highest BCUT2D eigenvalue weighted by molar-refractivity contribution is 7.99. The minimum absolute atomic E-state index is 0.0133. The molecule has 2 aromatic carbocycles. The van der Waals surface area contributed by atoms with Crippen LogP contribution in [0, 0.1) is 13.8 Å². The number of benzene rings is 2. The van der Waals surface area contributed by atoms with Crippen molar-refractivity contribution in [3.63, 3.8) is 0 Å². The zero-order chi connectivity index (χ0) is 22.6. The third kappa shape index (κ3) is 7.73. The second-order valence-corrected chi connectivity index (χ2v) is 8.92. The molecule has 0 unspecified atom stereocenters. The van der Waals surface area contributed by atoms with Gasteiger partial charge in [-0.2, -0.15) is 0 Å². The average Bonchev–Trinajstić information content (AvgIpc) is 2.76. The van der Waals surface area contributed by atoms with Crippen molar-refractivity contribution in [3.05, 3.63) is 70.8 Å². The van der Waals surface area contributed by atoms with Crippen molar-refractivity contribution in [2.75, 3.05) is 12.3 Å². The van der Waals surface area contributed by atoms with Crippen molar-refractivity contribution in [1.29, 1.82) is 0 Å². The molecule has 168 valence electrons. The number of aryl methyl sites for hydroxylation is 2. The van der Waals surface area contributed by atoms with E-state index in [1.807, 2.05) is 50.2 Å². The lowest BCUT2D eigenvalue weighted by Gasteiger charge is -2.31. The van der Waals surface area contributed by atoms with Crippen LogP contribution in [-0.4, -0.2) is 35.1 Å². The van der Waals surface area contributed by atoms with Gasteiger partial charge in [0, 0.05) is 18.8 Å². The zero-order valence-electron chi connectivity index (χ0n) is 19.3. The summed E-state index contributed by atoms with van der Waals surface area (Å²) in [5, 5.41) is 3.02. The number of thioether (sulfide) groups is 1. The molecule has 1 atom stereocenters. The molecule has 0 heterocycles. The number of rotatable bonds is 12. The van der Waals surface area contributed by atoms with Gasteiger partial charge in [-0.1, -0.05) is 68.8 Å². The van der Waals surface area contributed by atoms with E-state index in [0.717, 1.165) is 29.7 Å². The number of nitrogens with zero attached hydrogens (tertiary/aromatic N) is 1. The molecule has 2 aromatic rings. The number of hydrogen-bond acceptors (Lipinski definition) is 3. The molecule has 0 aliphatic heterocycles. The first kappa shape index (κ1) is 25.0. The van der Waals surface area contributed by atoms with Crippen LogP contribution in [0.4, 0.5) is 0 Å². The molecular formula is C26H36N2O2S. The Morgan fingerprint density at radius 2 is 1.58 bits per heavy atom. The minimum Gasteiger partial charge on any atom is -0.354 e. The second-order valence-electron chi connectivity index (χ2n) is 7.94. The van der Waals surface area contributed by atoms with Crippen molar-refractivity contribution in [3.8, 4) is 0 Å². The molecule has 1 N–H and O–H groups in total. The second kappa shape index (κ2) is 13.2. The Balaban J connectivity index is 2.13. The maximum Gasteiger partial charge on any atom is 0.242 e. The molecule has 0 spiro atoms. The lowest BCUT2D eigenvalue weighted by molar-refractivity contribution is -0.139. The molecule has 0 saturated heterocycles. The van der Waals surface area contributed by atoms with Gasteiger partial charge in [-0.25, -0.2) is 0 Å². The highest BCUT2D eigenvalue weighted by Crippen LogP contribution is 2.20. The number of amides is 2. The Morgan fingerprint density at radius 3 is 2.16 bits per heavy atom. The monoisotopic (exact) mass is 440 g/mol. The Bertz CT molecular complexity index is 853. The van der Waals surface area contributed by atoms with Crippen molar-refractivity contribution < 1.29 is 9.59 Å². The fraction of sp³-hybridized carbons (Fsp3) is 0.462. The third-order valence-corrected chi connectivity index (χ3v) is 6.53. The van der Waals surface area contributed by atoms with Crippen molar-refractivity contribution >= 4 is 23.6 Å². The summed E-state index contributed by atoms with van der Waals surface area (Å²) in [4.78, 5) is 28.0. The van der Waals surface area contributed by atoms with Crippen LogP contribution in [0.1, 0.15) is 55.4 Å². The number of hydrogen-bond donors (Lipinski definition) is 1. The molecule has 2 amide bonds. The van der Waals surface area contributed by atoms with Crippen LogP contribution in [0.3, 0.4) is 0 Å². The van der Waals surface area contributed by atoms with Crippen molar-refractivity contribution in [1.82, 2.24) is 10.2 Å². The van der Waals surface area contributed by atoms with Crippen LogP contribution in [0.2, 0.25) is 0 Å². The molecule has 0 radical (unpaired) electrons. The summed E-state index contributed by atoms with van der Waals surface area (Å²) in [6.07, 6.45) is 2.57. The molecule has 4 nitrogen and oxygen atoms in total. The van der Waals surface area contributed by atoms with E-state index in [4.69, 9.17) is 0 Å². The van der Waals surface area contributed by atoms with Gasteiger partial charge in [0.05, 0.1) is 5.75 Å². The molecule has 0 aromatic heterocycles. The molecular weight excluding hydrogens is 404 g/mol. The van der Waals surface area contributed by atoms with Crippen LogP contribution >= 0.6 is 11.8 Å². The topological polar surface area (TPSA) is 49.4 Å². The standard InChI is InChI=1S/C26H36N2O2S/c1-5-7-16-27-26(30)24(6-2)28(17-22-14-10-8-12-20(22)3)25(29)19-31-18-23-15-11-9-13-21(23)4/h8-15,24H,5-7,16-19H2,1-4H3,(H,27,30)/t24-/m1/s1. The number of carbonyl (C=O) groups is 2. The lowest BCUT2D eigenvalue weighted by atomic mass is 10.1. The first-order chi connectivity index (χ1) is 15.0. The molecule has 2 rings (SSSR count). The molecule has 0 saturated carbocycles. The van der Waals surface area contributed by atoms with E-state index in [-0.39, 0.29) is 11.8 Å². The van der Waals surface area contributed by atoms with E-state index >= 15 is 0 Å². The summed E-state index contributed by atoms with van der Waals surface area (Å²) in [6.45, 7) is 9.32. The van der Waals surface area contributed by atoms with E-state index in [9.17, 15) is 9.59 Å². The predicted molar refractivity (Wildman–Crippen MR) is 131 cm³/mol. The van der Waals surface area contributed by atoms with Gasteiger partial charge in [0.1, 0.15) is 6.04 Å². The first-order valence-electron chi connectivity index (χ1n) is 11.2. The molecule has 5 heteroatoms. The van der Waals surface area contributed by atoms with E-state index in [1.165, 1.54) is 11.1 Å². The number of unbranched alkanes of at least 4 members (excludes halogenated alkanes) is 1. The van der Waals surface area contributed by atoms with Crippen molar-refractivity contribution in [2.45, 2.75) is 65.3 Å². The third-order valence-electron chi connectivity index (χ3n) is 5.56. The highest BCUT2D eigenvalue weighted by atomic mass is 32.2. The molecule has 0 fully saturated rings. The summed E-state index contributed by atoms with van der Waals surface area (Å²) in [7, 11) is 0. The van der Waals surface area contributed by atoms with Gasteiger partial charge in [-0.05, 0) is 48.9 Å². The van der Waals surface area contributed by atoms with Gasteiger partial charge < -0.3 is 10.2 Å². The summed E-state index contributed by atoms with van der Waals surface area (Å²) in [6, 6.07) is 15.9. The summed E-state index contributed by atoms with van der Waals surface area (Å²) < 4.78 is 0. The maximum atomic E-state index is 13.3. The molecule has 31 heavy (non-hydrogen) atoms. The zero-order valence-corrected chi connectivity index (χ0v) is 20.1. The Morgan fingerprint density at radius 1 is 0.968 bits per heavy atom. The fourth-order valence-corrected chi connectivity index (χ4v) is 4.49. The Labute approximate surface area is 191 Å². The fourth-order valence-electron chi connectivity index (χ4n) is 3.50.